The molecule has 0 atom stereocenters. The molecule has 108 valence electrons. The molecule has 1 aliphatic rings. The van der Waals surface area contributed by atoms with E-state index >= 15 is 0 Å². The monoisotopic (exact) mass is 284 g/mol. The van der Waals surface area contributed by atoms with E-state index in [9.17, 15) is 4.79 Å². The number of hydrogen-bond donors (Lipinski definition) is 2. The Hall–Kier alpha value is -2.60. The summed E-state index contributed by atoms with van der Waals surface area (Å²) in [6.45, 7) is 1.49. The van der Waals surface area contributed by atoms with Crippen LogP contribution in [0.25, 0.3) is 0 Å². The van der Waals surface area contributed by atoms with Gasteiger partial charge in [-0.2, -0.15) is 0 Å². The average molecular weight is 284 g/mol. The lowest BCUT2D eigenvalue weighted by atomic mass is 10.1. The van der Waals surface area contributed by atoms with Gasteiger partial charge in [-0.05, 0) is 12.1 Å². The molecular formula is C15H16N4O2. The van der Waals surface area contributed by atoms with Crippen molar-refractivity contribution < 1.29 is 9.53 Å². The molecule has 0 fully saturated rings. The van der Waals surface area contributed by atoms with Crippen molar-refractivity contribution in [3.05, 3.63) is 53.9 Å². The third-order valence-electron chi connectivity index (χ3n) is 3.45. The topological polar surface area (TPSA) is 80.5 Å². The lowest BCUT2D eigenvalue weighted by Gasteiger charge is -2.21. The van der Waals surface area contributed by atoms with Crippen LogP contribution in [0.5, 0.6) is 5.75 Å². The van der Waals surface area contributed by atoms with Crippen molar-refractivity contribution >= 4 is 11.6 Å². The Labute approximate surface area is 122 Å². The highest BCUT2D eigenvalue weighted by Gasteiger charge is 2.22. The highest BCUT2D eigenvalue weighted by molar-refractivity contribution is 5.99. The Kier molecular flexibility index (Phi) is 3.70. The van der Waals surface area contributed by atoms with Crippen molar-refractivity contribution in [3.8, 4) is 5.75 Å². The van der Waals surface area contributed by atoms with Crippen LogP contribution < -0.4 is 16.0 Å². The third-order valence-corrected chi connectivity index (χ3v) is 3.45. The summed E-state index contributed by atoms with van der Waals surface area (Å²) in [5, 5.41) is 0. The molecule has 3 rings (SSSR count). The zero-order valence-electron chi connectivity index (χ0n) is 11.5. The summed E-state index contributed by atoms with van der Waals surface area (Å²) >= 11 is 0. The second kappa shape index (κ2) is 5.80. The normalized spacial score (nSPS) is 13.9. The number of para-hydroxylation sites is 1. The summed E-state index contributed by atoms with van der Waals surface area (Å²) in [5.74, 6) is 6.17. The first-order valence-electron chi connectivity index (χ1n) is 6.70. The lowest BCUT2D eigenvalue weighted by Crippen LogP contribution is -2.33. The Morgan fingerprint density at radius 1 is 1.33 bits per heavy atom. The third kappa shape index (κ3) is 2.66. The zero-order valence-corrected chi connectivity index (χ0v) is 11.5. The van der Waals surface area contributed by atoms with E-state index in [1.165, 1.54) is 6.20 Å². The Balaban J connectivity index is 1.88. The quantitative estimate of drug-likeness (QED) is 0.643. The Bertz CT molecular complexity index is 660. The minimum Gasteiger partial charge on any atom is -0.491 e. The molecule has 6 heteroatoms. The fourth-order valence-electron chi connectivity index (χ4n) is 2.36. The van der Waals surface area contributed by atoms with Crippen molar-refractivity contribution in [2.24, 2.45) is 5.84 Å². The molecule has 0 unspecified atom stereocenters. The van der Waals surface area contributed by atoms with Crippen molar-refractivity contribution in [1.82, 2.24) is 9.88 Å². The van der Waals surface area contributed by atoms with E-state index < -0.39 is 0 Å². The van der Waals surface area contributed by atoms with Gasteiger partial charge in [-0.3, -0.25) is 15.6 Å². The van der Waals surface area contributed by atoms with E-state index in [2.05, 4.69) is 10.4 Å². The van der Waals surface area contributed by atoms with Gasteiger partial charge < -0.3 is 15.1 Å². The number of rotatable bonds is 2. The highest BCUT2D eigenvalue weighted by atomic mass is 16.5. The molecule has 2 aromatic rings. The van der Waals surface area contributed by atoms with Gasteiger partial charge in [0.15, 0.2) is 0 Å². The number of carbonyl (C=O) groups is 1. The van der Waals surface area contributed by atoms with Crippen LogP contribution in [-0.4, -0.2) is 28.9 Å². The number of fused-ring (bicyclic) bond motifs is 1. The molecule has 0 radical (unpaired) electrons. The van der Waals surface area contributed by atoms with Gasteiger partial charge in [-0.25, -0.2) is 0 Å². The minimum atomic E-state index is -0.114. The number of aromatic nitrogens is 1. The number of nitrogens with two attached hydrogens (primary N) is 1. The van der Waals surface area contributed by atoms with E-state index in [4.69, 9.17) is 10.6 Å². The number of hydrazine groups is 1. The fraction of sp³-hybridized carbons (Fsp3) is 0.200. The minimum absolute atomic E-state index is 0.114. The molecule has 2 heterocycles. The first kappa shape index (κ1) is 13.4. The molecule has 6 nitrogen and oxygen atoms in total. The zero-order chi connectivity index (χ0) is 14.7. The van der Waals surface area contributed by atoms with E-state index in [1.807, 2.05) is 24.3 Å². The van der Waals surface area contributed by atoms with E-state index in [0.29, 0.717) is 30.9 Å². The summed E-state index contributed by atoms with van der Waals surface area (Å²) in [6, 6.07) is 9.42. The van der Waals surface area contributed by atoms with Gasteiger partial charge in [-0.1, -0.05) is 18.2 Å². The van der Waals surface area contributed by atoms with Crippen LogP contribution in [0.1, 0.15) is 15.9 Å². The molecule has 0 saturated carbocycles. The second-order valence-electron chi connectivity index (χ2n) is 4.75. The molecule has 1 aromatic carbocycles. The van der Waals surface area contributed by atoms with Gasteiger partial charge in [0.05, 0.1) is 17.8 Å². The summed E-state index contributed by atoms with van der Waals surface area (Å²) < 4.78 is 5.67. The Morgan fingerprint density at radius 2 is 2.19 bits per heavy atom. The molecular weight excluding hydrogens is 268 g/mol. The molecule has 0 bridgehead atoms. The molecule has 1 amide bonds. The molecule has 1 aliphatic heterocycles. The number of nitrogens with one attached hydrogen (secondary N) is 1. The first-order chi connectivity index (χ1) is 10.3. The number of nitrogens with zero attached hydrogens (tertiary/aromatic N) is 2. The summed E-state index contributed by atoms with van der Waals surface area (Å²) in [4.78, 5) is 18.4. The maximum Gasteiger partial charge on any atom is 0.257 e. The Morgan fingerprint density at radius 3 is 3.05 bits per heavy atom. The molecule has 0 saturated heterocycles. The van der Waals surface area contributed by atoms with Gasteiger partial charge in [0.25, 0.3) is 5.91 Å². The highest BCUT2D eigenvalue weighted by Crippen LogP contribution is 2.24. The summed E-state index contributed by atoms with van der Waals surface area (Å²) in [5.41, 5.74) is 4.55. The SMILES string of the molecule is NNc1ccncc1C(=O)N1CCOc2ccccc2C1. The smallest absolute Gasteiger partial charge is 0.257 e. The maximum absolute atomic E-state index is 12.7. The largest absolute Gasteiger partial charge is 0.491 e. The lowest BCUT2D eigenvalue weighted by molar-refractivity contribution is 0.0734. The van der Waals surface area contributed by atoms with Crippen molar-refractivity contribution in [2.75, 3.05) is 18.6 Å². The number of anilines is 1. The van der Waals surface area contributed by atoms with Gasteiger partial charge in [-0.15, -0.1) is 0 Å². The summed E-state index contributed by atoms with van der Waals surface area (Å²) in [7, 11) is 0. The number of hydrogen-bond acceptors (Lipinski definition) is 5. The van der Waals surface area contributed by atoms with Crippen LogP contribution in [0.2, 0.25) is 0 Å². The average Bonchev–Trinajstić information content (AvgIpc) is 2.76. The van der Waals surface area contributed by atoms with E-state index in [-0.39, 0.29) is 5.91 Å². The molecule has 0 aliphatic carbocycles. The number of nitrogen functional groups attached to an aromatic ring is 1. The molecule has 1 aromatic heterocycles. The summed E-state index contributed by atoms with van der Waals surface area (Å²) in [6.07, 6.45) is 3.11. The van der Waals surface area contributed by atoms with Crippen LogP contribution in [-0.2, 0) is 6.54 Å². The van der Waals surface area contributed by atoms with E-state index in [1.54, 1.807) is 17.2 Å². The van der Waals surface area contributed by atoms with Crippen molar-refractivity contribution in [3.63, 3.8) is 0 Å². The fourth-order valence-corrected chi connectivity index (χ4v) is 2.36. The van der Waals surface area contributed by atoms with Gasteiger partial charge in [0, 0.05) is 24.5 Å². The van der Waals surface area contributed by atoms with Gasteiger partial charge in [0.1, 0.15) is 12.4 Å². The maximum atomic E-state index is 12.7. The number of carbonyl (C=O) groups excluding carboxylic acids is 1. The van der Waals surface area contributed by atoms with Crippen LogP contribution >= 0.6 is 0 Å². The standard InChI is InChI=1S/C15H16N4O2/c16-18-13-5-6-17-9-12(13)15(20)19-7-8-21-14-4-2-1-3-11(14)10-19/h1-6,9H,7-8,10,16H2,(H,17,18). The van der Waals surface area contributed by atoms with Crippen LogP contribution in [0.3, 0.4) is 0 Å². The van der Waals surface area contributed by atoms with Gasteiger partial charge in [0.2, 0.25) is 0 Å². The van der Waals surface area contributed by atoms with Crippen LogP contribution in [0, 0.1) is 0 Å². The number of pyridine rings is 1. The van der Waals surface area contributed by atoms with Gasteiger partial charge >= 0.3 is 0 Å². The van der Waals surface area contributed by atoms with Crippen LogP contribution in [0.15, 0.2) is 42.7 Å². The van der Waals surface area contributed by atoms with Crippen molar-refractivity contribution in [2.45, 2.75) is 6.54 Å². The molecule has 0 spiro atoms. The predicted molar refractivity (Wildman–Crippen MR) is 78.7 cm³/mol. The molecule has 21 heavy (non-hydrogen) atoms. The van der Waals surface area contributed by atoms with Crippen LogP contribution in [0.4, 0.5) is 5.69 Å². The number of benzene rings is 1. The van der Waals surface area contributed by atoms with E-state index in [0.717, 1.165) is 11.3 Å². The number of ether oxygens (including phenoxy) is 1. The van der Waals surface area contributed by atoms with Crippen molar-refractivity contribution in [1.29, 1.82) is 0 Å². The first-order valence-corrected chi connectivity index (χ1v) is 6.70. The second-order valence-corrected chi connectivity index (χ2v) is 4.75. The predicted octanol–water partition coefficient (Wildman–Crippen LogP) is 1.40. The molecule has 3 N–H and O–H groups in total. The number of amides is 1.